The lowest BCUT2D eigenvalue weighted by molar-refractivity contribution is 0.450. The first-order chi connectivity index (χ1) is 7.07. The Hall–Kier alpha value is -1.21. The molecule has 15 heavy (non-hydrogen) atoms. The molecule has 0 fully saturated rings. The van der Waals surface area contributed by atoms with Gasteiger partial charge in [0.05, 0.1) is 0 Å². The highest BCUT2D eigenvalue weighted by atomic mass is 35.5. The van der Waals surface area contributed by atoms with Crippen LogP contribution < -0.4 is 0 Å². The van der Waals surface area contributed by atoms with Crippen LogP contribution in [0.25, 0.3) is 0 Å². The number of rotatable bonds is 1. The fraction of sp³-hybridized carbons (Fsp3) is 0.200. The van der Waals surface area contributed by atoms with E-state index in [2.05, 4.69) is 5.92 Å². The SMILES string of the molecule is Fc1cc(F)c(F)c(C#CCCCl)c1F. The summed E-state index contributed by atoms with van der Waals surface area (Å²) in [4.78, 5) is 0. The van der Waals surface area contributed by atoms with E-state index < -0.39 is 28.8 Å². The van der Waals surface area contributed by atoms with Crippen LogP contribution in [0, 0.1) is 35.1 Å². The Balaban J connectivity index is 3.23. The molecule has 1 aromatic rings. The molecule has 0 heterocycles. The van der Waals surface area contributed by atoms with Gasteiger partial charge in [-0.25, -0.2) is 17.6 Å². The van der Waals surface area contributed by atoms with E-state index >= 15 is 0 Å². The van der Waals surface area contributed by atoms with E-state index in [0.29, 0.717) is 0 Å². The molecular weight excluding hydrogens is 232 g/mol. The quantitative estimate of drug-likeness (QED) is 0.304. The summed E-state index contributed by atoms with van der Waals surface area (Å²) < 4.78 is 51.2. The van der Waals surface area contributed by atoms with Gasteiger partial charge in [-0.15, -0.1) is 11.6 Å². The first kappa shape index (κ1) is 11.9. The highest BCUT2D eigenvalue weighted by Gasteiger charge is 2.17. The predicted octanol–water partition coefficient (Wildman–Crippen LogP) is 3.22. The van der Waals surface area contributed by atoms with Crippen LogP contribution >= 0.6 is 11.6 Å². The predicted molar refractivity (Wildman–Crippen MR) is 48.5 cm³/mol. The van der Waals surface area contributed by atoms with Crippen LogP contribution in [0.1, 0.15) is 12.0 Å². The van der Waals surface area contributed by atoms with Crippen LogP contribution in [0.4, 0.5) is 17.6 Å². The molecule has 0 spiro atoms. The van der Waals surface area contributed by atoms with Gasteiger partial charge in [0.15, 0.2) is 23.3 Å². The molecule has 0 aliphatic rings. The van der Waals surface area contributed by atoms with Crippen molar-refractivity contribution in [3.05, 3.63) is 34.9 Å². The summed E-state index contributed by atoms with van der Waals surface area (Å²) in [5, 5.41) is 0. The molecule has 1 aromatic carbocycles. The van der Waals surface area contributed by atoms with E-state index in [9.17, 15) is 17.6 Å². The largest absolute Gasteiger partial charge is 0.204 e. The Labute approximate surface area is 88.9 Å². The minimum atomic E-state index is -1.49. The minimum Gasteiger partial charge on any atom is -0.204 e. The summed E-state index contributed by atoms with van der Waals surface area (Å²) in [7, 11) is 0. The second-order valence-electron chi connectivity index (χ2n) is 2.58. The van der Waals surface area contributed by atoms with Crippen molar-refractivity contribution in [1.29, 1.82) is 0 Å². The molecule has 0 saturated carbocycles. The van der Waals surface area contributed by atoms with Gasteiger partial charge in [-0.3, -0.25) is 0 Å². The number of halogens is 5. The monoisotopic (exact) mass is 236 g/mol. The van der Waals surface area contributed by atoms with Crippen LogP contribution in [0.15, 0.2) is 6.07 Å². The molecule has 80 valence electrons. The molecule has 0 N–H and O–H groups in total. The van der Waals surface area contributed by atoms with Crippen molar-refractivity contribution < 1.29 is 17.6 Å². The number of hydrogen-bond acceptors (Lipinski definition) is 0. The standard InChI is InChI=1S/C10H5ClF4/c11-4-2-1-3-6-9(14)7(12)5-8(13)10(6)15/h5H,2,4H2. The Morgan fingerprint density at radius 3 is 2.07 bits per heavy atom. The van der Waals surface area contributed by atoms with Crippen molar-refractivity contribution in [2.75, 3.05) is 5.88 Å². The summed E-state index contributed by atoms with van der Waals surface area (Å²) >= 11 is 5.27. The summed E-state index contributed by atoms with van der Waals surface area (Å²) in [6.45, 7) is 0. The molecule has 5 heteroatoms. The number of hydrogen-bond donors (Lipinski definition) is 0. The Bertz CT molecular complexity index is 405. The van der Waals surface area contributed by atoms with Crippen molar-refractivity contribution in [2.24, 2.45) is 0 Å². The molecule has 0 unspecified atom stereocenters. The average Bonchev–Trinajstić information content (AvgIpc) is 2.20. The summed E-state index contributed by atoms with van der Waals surface area (Å²) in [6.07, 6.45) is 0.179. The van der Waals surface area contributed by atoms with E-state index in [4.69, 9.17) is 11.6 Å². The van der Waals surface area contributed by atoms with Crippen molar-refractivity contribution in [1.82, 2.24) is 0 Å². The third-order valence-electron chi connectivity index (χ3n) is 1.54. The highest BCUT2D eigenvalue weighted by molar-refractivity contribution is 6.18. The van der Waals surface area contributed by atoms with E-state index in [1.807, 2.05) is 5.92 Å². The van der Waals surface area contributed by atoms with Crippen LogP contribution in [0.3, 0.4) is 0 Å². The molecule has 0 aliphatic heterocycles. The van der Waals surface area contributed by atoms with Gasteiger partial charge in [0.2, 0.25) is 0 Å². The van der Waals surface area contributed by atoms with E-state index in [1.54, 1.807) is 0 Å². The molecule has 0 radical (unpaired) electrons. The third kappa shape index (κ3) is 2.63. The first-order valence-electron chi connectivity index (χ1n) is 3.95. The van der Waals surface area contributed by atoms with Crippen molar-refractivity contribution >= 4 is 11.6 Å². The molecule has 1 rings (SSSR count). The maximum Gasteiger partial charge on any atom is 0.177 e. The molecule has 0 nitrogen and oxygen atoms in total. The van der Waals surface area contributed by atoms with Crippen molar-refractivity contribution in [3.8, 4) is 11.8 Å². The molecular formula is C10H5ClF4. The smallest absolute Gasteiger partial charge is 0.177 e. The van der Waals surface area contributed by atoms with Gasteiger partial charge >= 0.3 is 0 Å². The van der Waals surface area contributed by atoms with Gasteiger partial charge in [0, 0.05) is 18.4 Å². The summed E-state index contributed by atoms with van der Waals surface area (Å²) in [5.41, 5.74) is -0.905. The lowest BCUT2D eigenvalue weighted by Gasteiger charge is -1.99. The Kier molecular flexibility index (Phi) is 3.98. The van der Waals surface area contributed by atoms with E-state index in [1.165, 1.54) is 0 Å². The van der Waals surface area contributed by atoms with Gasteiger partial charge in [0.25, 0.3) is 0 Å². The second kappa shape index (κ2) is 5.04. The van der Waals surface area contributed by atoms with Crippen molar-refractivity contribution in [2.45, 2.75) is 6.42 Å². The first-order valence-corrected chi connectivity index (χ1v) is 4.49. The molecule has 0 amide bonds. The lowest BCUT2D eigenvalue weighted by Crippen LogP contribution is -1.98. The van der Waals surface area contributed by atoms with Crippen molar-refractivity contribution in [3.63, 3.8) is 0 Å². The zero-order chi connectivity index (χ0) is 11.4. The highest BCUT2D eigenvalue weighted by Crippen LogP contribution is 2.18. The molecule has 0 aliphatic carbocycles. The molecule has 0 aromatic heterocycles. The van der Waals surface area contributed by atoms with Gasteiger partial charge < -0.3 is 0 Å². The zero-order valence-corrected chi connectivity index (χ0v) is 8.14. The maximum atomic E-state index is 13.0. The fourth-order valence-electron chi connectivity index (χ4n) is 0.881. The fourth-order valence-corrected chi connectivity index (χ4v) is 0.976. The topological polar surface area (TPSA) is 0 Å². The summed E-state index contributed by atoms with van der Waals surface area (Å²) in [6, 6.07) is 0.136. The Morgan fingerprint density at radius 1 is 1.07 bits per heavy atom. The van der Waals surface area contributed by atoms with Gasteiger partial charge in [0.1, 0.15) is 5.56 Å². The maximum absolute atomic E-state index is 13.0. The van der Waals surface area contributed by atoms with Crippen LogP contribution in [0.5, 0.6) is 0 Å². The normalized spacial score (nSPS) is 9.67. The third-order valence-corrected chi connectivity index (χ3v) is 1.73. The van der Waals surface area contributed by atoms with Gasteiger partial charge in [-0.2, -0.15) is 0 Å². The number of benzene rings is 1. The number of alkyl halides is 1. The van der Waals surface area contributed by atoms with E-state index in [-0.39, 0.29) is 18.4 Å². The summed E-state index contributed by atoms with van der Waals surface area (Å²) in [5.74, 6) is -1.45. The Morgan fingerprint density at radius 2 is 1.60 bits per heavy atom. The molecule has 0 saturated heterocycles. The van der Waals surface area contributed by atoms with Gasteiger partial charge in [-0.05, 0) is 0 Å². The molecule has 0 atom stereocenters. The lowest BCUT2D eigenvalue weighted by atomic mass is 10.2. The molecule has 0 bridgehead atoms. The minimum absolute atomic E-state index is 0.136. The van der Waals surface area contributed by atoms with E-state index in [0.717, 1.165) is 0 Å². The second-order valence-corrected chi connectivity index (χ2v) is 2.96. The van der Waals surface area contributed by atoms with Crippen LogP contribution in [-0.4, -0.2) is 5.88 Å². The van der Waals surface area contributed by atoms with Crippen LogP contribution in [0.2, 0.25) is 0 Å². The zero-order valence-electron chi connectivity index (χ0n) is 7.38. The van der Waals surface area contributed by atoms with Gasteiger partial charge in [-0.1, -0.05) is 11.8 Å². The average molecular weight is 237 g/mol. The van der Waals surface area contributed by atoms with Crippen LogP contribution in [-0.2, 0) is 0 Å².